The van der Waals surface area contributed by atoms with Gasteiger partial charge in [0.15, 0.2) is 0 Å². The van der Waals surface area contributed by atoms with Gasteiger partial charge in [0.2, 0.25) is 5.91 Å². The lowest BCUT2D eigenvalue weighted by Crippen LogP contribution is -2.28. The lowest BCUT2D eigenvalue weighted by molar-refractivity contribution is -0.120. The zero-order chi connectivity index (χ0) is 7.72. The third-order valence-corrected chi connectivity index (χ3v) is 3.14. The fourth-order valence-corrected chi connectivity index (χ4v) is 2.19. The third kappa shape index (κ3) is 1.45. The second-order valence-corrected chi connectivity index (χ2v) is 4.44. The minimum Gasteiger partial charge on any atom is -0.344 e. The molecule has 0 aliphatic carbocycles. The summed E-state index contributed by atoms with van der Waals surface area (Å²) < 4.78 is 0. The van der Waals surface area contributed by atoms with Crippen LogP contribution in [0.25, 0.3) is 0 Å². The maximum Gasteiger partial charge on any atom is 0.234 e. The number of hydrogen-bond acceptors (Lipinski definition) is 2. The minimum atomic E-state index is 0.176. The molecule has 3 heteroatoms. The molecule has 1 rings (SSSR count). The number of thioether (sulfide) groups is 1. The molecule has 58 valence electrons. The van der Waals surface area contributed by atoms with E-state index in [1.807, 2.05) is 6.92 Å². The zero-order valence-electron chi connectivity index (χ0n) is 6.55. The van der Waals surface area contributed by atoms with Crippen LogP contribution in [0.4, 0.5) is 0 Å². The fourth-order valence-electron chi connectivity index (χ4n) is 1.06. The van der Waals surface area contributed by atoms with Crippen LogP contribution in [-0.4, -0.2) is 16.5 Å². The van der Waals surface area contributed by atoms with Crippen molar-refractivity contribution >= 4 is 17.7 Å². The van der Waals surface area contributed by atoms with E-state index < -0.39 is 0 Å². The van der Waals surface area contributed by atoms with Crippen LogP contribution in [0.3, 0.4) is 0 Å². The fraction of sp³-hybridized carbons (Fsp3) is 0.857. The second-order valence-electron chi connectivity index (χ2n) is 2.95. The molecule has 1 fully saturated rings. The Morgan fingerprint density at radius 2 is 2.20 bits per heavy atom. The smallest absolute Gasteiger partial charge is 0.234 e. The van der Waals surface area contributed by atoms with E-state index >= 15 is 0 Å². The summed E-state index contributed by atoms with van der Waals surface area (Å²) in [4.78, 5) is 11.1. The molecule has 2 unspecified atom stereocenters. The normalized spacial score (nSPS) is 33.0. The largest absolute Gasteiger partial charge is 0.344 e. The van der Waals surface area contributed by atoms with Crippen molar-refractivity contribution in [2.24, 2.45) is 5.92 Å². The van der Waals surface area contributed by atoms with Gasteiger partial charge in [-0.1, -0.05) is 13.8 Å². The lowest BCUT2D eigenvalue weighted by atomic mass is 10.1. The van der Waals surface area contributed by atoms with Crippen LogP contribution >= 0.6 is 11.8 Å². The average molecular weight is 159 g/mol. The van der Waals surface area contributed by atoms with E-state index in [0.717, 1.165) is 0 Å². The van der Waals surface area contributed by atoms with Crippen LogP contribution in [0.2, 0.25) is 0 Å². The number of rotatable bonds is 1. The Morgan fingerprint density at radius 3 is 2.40 bits per heavy atom. The molecular weight excluding hydrogens is 146 g/mol. The monoisotopic (exact) mass is 159 g/mol. The first-order chi connectivity index (χ1) is 4.61. The van der Waals surface area contributed by atoms with E-state index in [2.05, 4.69) is 19.2 Å². The predicted octanol–water partition coefficient (Wildman–Crippen LogP) is 1.22. The molecule has 2 atom stereocenters. The molecule has 0 aromatic carbocycles. The van der Waals surface area contributed by atoms with Crippen molar-refractivity contribution in [2.45, 2.75) is 31.4 Å². The standard InChI is InChI=1S/C7H13NOS/c1-4(2)6-7(9)8-5(3)10-6/h4-6H,1-3H3,(H,8,9). The van der Waals surface area contributed by atoms with Gasteiger partial charge in [0, 0.05) is 0 Å². The first-order valence-corrected chi connectivity index (χ1v) is 4.51. The number of carbonyl (C=O) groups excluding carboxylic acids is 1. The summed E-state index contributed by atoms with van der Waals surface area (Å²) >= 11 is 1.72. The summed E-state index contributed by atoms with van der Waals surface area (Å²) in [6.07, 6.45) is 0. The van der Waals surface area contributed by atoms with Crippen molar-refractivity contribution in [3.63, 3.8) is 0 Å². The number of hydrogen-bond donors (Lipinski definition) is 1. The first kappa shape index (κ1) is 7.92. The van der Waals surface area contributed by atoms with Crippen molar-refractivity contribution in [1.29, 1.82) is 0 Å². The van der Waals surface area contributed by atoms with E-state index in [-0.39, 0.29) is 11.2 Å². The minimum absolute atomic E-state index is 0.176. The summed E-state index contributed by atoms with van der Waals surface area (Å²) in [5, 5.41) is 3.35. The molecule has 0 saturated carbocycles. The molecule has 1 N–H and O–H groups in total. The molecule has 0 radical (unpaired) electrons. The highest BCUT2D eigenvalue weighted by atomic mass is 32.2. The Bertz CT molecular complexity index is 147. The zero-order valence-corrected chi connectivity index (χ0v) is 7.37. The van der Waals surface area contributed by atoms with E-state index in [4.69, 9.17) is 0 Å². The molecule has 1 aliphatic rings. The molecule has 1 amide bonds. The van der Waals surface area contributed by atoms with Gasteiger partial charge in [0.05, 0.1) is 10.6 Å². The molecule has 0 spiro atoms. The Morgan fingerprint density at radius 1 is 1.60 bits per heavy atom. The van der Waals surface area contributed by atoms with E-state index in [9.17, 15) is 4.79 Å². The van der Waals surface area contributed by atoms with Crippen LogP contribution in [0, 0.1) is 5.92 Å². The summed E-state index contributed by atoms with van der Waals surface area (Å²) in [5.41, 5.74) is 0. The maximum atomic E-state index is 11.1. The van der Waals surface area contributed by atoms with Gasteiger partial charge in [-0.25, -0.2) is 0 Å². The topological polar surface area (TPSA) is 29.1 Å². The average Bonchev–Trinajstić information content (AvgIpc) is 2.10. The van der Waals surface area contributed by atoms with Gasteiger partial charge < -0.3 is 5.32 Å². The van der Waals surface area contributed by atoms with Gasteiger partial charge in [0.25, 0.3) is 0 Å². The summed E-state index contributed by atoms with van der Waals surface area (Å²) in [5.74, 6) is 0.655. The highest BCUT2D eigenvalue weighted by Gasteiger charge is 2.31. The SMILES string of the molecule is CC1NC(=O)C(C(C)C)S1. The molecule has 10 heavy (non-hydrogen) atoms. The quantitative estimate of drug-likeness (QED) is 0.623. The summed E-state index contributed by atoms with van der Waals surface area (Å²) in [7, 11) is 0. The van der Waals surface area contributed by atoms with Gasteiger partial charge in [0.1, 0.15) is 0 Å². The van der Waals surface area contributed by atoms with E-state index in [0.29, 0.717) is 11.3 Å². The lowest BCUT2D eigenvalue weighted by Gasteiger charge is -2.08. The van der Waals surface area contributed by atoms with E-state index in [1.54, 1.807) is 11.8 Å². The molecular formula is C7H13NOS. The van der Waals surface area contributed by atoms with Crippen LogP contribution < -0.4 is 5.32 Å². The maximum absolute atomic E-state index is 11.1. The molecule has 0 aromatic rings. The van der Waals surface area contributed by atoms with Gasteiger partial charge in [-0.15, -0.1) is 11.8 Å². The Hall–Kier alpha value is -0.180. The Balaban J connectivity index is 2.55. The van der Waals surface area contributed by atoms with Crippen LogP contribution in [0.15, 0.2) is 0 Å². The third-order valence-electron chi connectivity index (χ3n) is 1.56. The summed E-state index contributed by atoms with van der Waals surface area (Å²) in [6.45, 7) is 6.18. The first-order valence-electron chi connectivity index (χ1n) is 3.57. The summed E-state index contributed by atoms with van der Waals surface area (Å²) in [6, 6.07) is 0. The van der Waals surface area contributed by atoms with Crippen molar-refractivity contribution in [3.8, 4) is 0 Å². The highest BCUT2D eigenvalue weighted by molar-refractivity contribution is 8.01. The van der Waals surface area contributed by atoms with Gasteiger partial charge >= 0.3 is 0 Å². The van der Waals surface area contributed by atoms with Crippen molar-refractivity contribution in [3.05, 3.63) is 0 Å². The van der Waals surface area contributed by atoms with E-state index in [1.165, 1.54) is 0 Å². The molecule has 1 heterocycles. The molecule has 0 bridgehead atoms. The predicted molar refractivity (Wildman–Crippen MR) is 43.8 cm³/mol. The molecule has 0 aromatic heterocycles. The number of amides is 1. The number of nitrogens with one attached hydrogen (secondary N) is 1. The highest BCUT2D eigenvalue weighted by Crippen LogP contribution is 2.28. The van der Waals surface area contributed by atoms with Gasteiger partial charge in [-0.05, 0) is 12.8 Å². The Labute approximate surface area is 65.8 Å². The molecule has 2 nitrogen and oxygen atoms in total. The van der Waals surface area contributed by atoms with Crippen molar-refractivity contribution < 1.29 is 4.79 Å². The van der Waals surface area contributed by atoms with Crippen LogP contribution in [0.5, 0.6) is 0 Å². The van der Waals surface area contributed by atoms with Crippen molar-refractivity contribution in [2.75, 3.05) is 0 Å². The van der Waals surface area contributed by atoms with Crippen LogP contribution in [0.1, 0.15) is 20.8 Å². The Kier molecular flexibility index (Phi) is 2.24. The second kappa shape index (κ2) is 2.82. The molecule has 1 saturated heterocycles. The number of carbonyl (C=O) groups is 1. The molecule has 1 aliphatic heterocycles. The van der Waals surface area contributed by atoms with Crippen molar-refractivity contribution in [1.82, 2.24) is 5.32 Å². The van der Waals surface area contributed by atoms with Crippen LogP contribution in [-0.2, 0) is 4.79 Å². The van der Waals surface area contributed by atoms with Gasteiger partial charge in [-0.3, -0.25) is 4.79 Å². The van der Waals surface area contributed by atoms with Gasteiger partial charge in [-0.2, -0.15) is 0 Å².